The summed E-state index contributed by atoms with van der Waals surface area (Å²) in [5.41, 5.74) is 8.12. The van der Waals surface area contributed by atoms with Crippen LogP contribution in [-0.2, 0) is 6.42 Å². The molecule has 0 saturated carbocycles. The van der Waals surface area contributed by atoms with Crippen LogP contribution in [0.4, 0.5) is 11.8 Å². The van der Waals surface area contributed by atoms with Gasteiger partial charge in [0.2, 0.25) is 5.95 Å². The quantitative estimate of drug-likeness (QED) is 0.881. The van der Waals surface area contributed by atoms with Crippen LogP contribution >= 0.6 is 11.3 Å². The number of anilines is 2. The highest BCUT2D eigenvalue weighted by Crippen LogP contribution is 2.20. The Hall–Kier alpha value is -1.66. The van der Waals surface area contributed by atoms with Gasteiger partial charge in [-0.3, -0.25) is 0 Å². The molecular weight excluding hydrogens is 306 g/mol. The van der Waals surface area contributed by atoms with Gasteiger partial charge in [0.1, 0.15) is 5.82 Å². The highest BCUT2D eigenvalue weighted by Gasteiger charge is 2.21. The van der Waals surface area contributed by atoms with E-state index in [2.05, 4.69) is 43.9 Å². The summed E-state index contributed by atoms with van der Waals surface area (Å²) in [6, 6.07) is 5.33. The lowest BCUT2D eigenvalue weighted by Gasteiger charge is -2.34. The van der Waals surface area contributed by atoms with Crippen LogP contribution in [0.3, 0.4) is 0 Å². The molecule has 1 atom stereocenters. The van der Waals surface area contributed by atoms with Gasteiger partial charge in [-0.15, -0.1) is 0 Å². The summed E-state index contributed by atoms with van der Waals surface area (Å²) in [6.45, 7) is 6.26. The Morgan fingerprint density at radius 1 is 1.39 bits per heavy atom. The Balaban J connectivity index is 1.50. The zero-order valence-corrected chi connectivity index (χ0v) is 14.6. The standard InChI is InChI=1S/C17H25N5S/c1-12(9-14-5-8-23-11-14)19-15-3-6-22(7-4-15)16-10-13(2)20-17(18)21-16/h5,8,10-12,15,19H,3-4,6-7,9H2,1-2H3,(H2,18,20,21)/t12-/m1/s1. The third-order valence-corrected chi connectivity index (χ3v) is 5.05. The number of piperidine rings is 1. The van der Waals surface area contributed by atoms with Crippen molar-refractivity contribution in [1.82, 2.24) is 15.3 Å². The molecule has 0 amide bonds. The molecule has 2 aromatic heterocycles. The maximum absolute atomic E-state index is 5.76. The maximum Gasteiger partial charge on any atom is 0.222 e. The summed E-state index contributed by atoms with van der Waals surface area (Å²) in [6.07, 6.45) is 3.37. The minimum Gasteiger partial charge on any atom is -0.368 e. The average Bonchev–Trinajstić information content (AvgIpc) is 2.99. The Morgan fingerprint density at radius 2 is 2.17 bits per heavy atom. The van der Waals surface area contributed by atoms with Crippen molar-refractivity contribution in [1.29, 1.82) is 0 Å². The molecule has 124 valence electrons. The van der Waals surface area contributed by atoms with Crippen molar-refractivity contribution in [2.75, 3.05) is 23.7 Å². The van der Waals surface area contributed by atoms with E-state index in [-0.39, 0.29) is 0 Å². The Bertz CT molecular complexity index is 600. The second-order valence-electron chi connectivity index (χ2n) is 6.39. The van der Waals surface area contributed by atoms with Crippen molar-refractivity contribution in [2.24, 2.45) is 0 Å². The molecule has 3 rings (SSSR count). The van der Waals surface area contributed by atoms with Crippen LogP contribution in [0.15, 0.2) is 22.9 Å². The minimum absolute atomic E-state index is 0.365. The lowest BCUT2D eigenvalue weighted by Crippen LogP contribution is -2.46. The molecule has 5 nitrogen and oxygen atoms in total. The van der Waals surface area contributed by atoms with E-state index in [4.69, 9.17) is 5.73 Å². The lowest BCUT2D eigenvalue weighted by atomic mass is 10.0. The number of nitrogen functional groups attached to an aromatic ring is 1. The van der Waals surface area contributed by atoms with Gasteiger partial charge in [0.25, 0.3) is 0 Å². The molecule has 1 fully saturated rings. The van der Waals surface area contributed by atoms with Crippen LogP contribution in [-0.4, -0.2) is 35.1 Å². The monoisotopic (exact) mass is 331 g/mol. The zero-order valence-electron chi connectivity index (χ0n) is 13.8. The minimum atomic E-state index is 0.365. The number of hydrogen-bond acceptors (Lipinski definition) is 6. The Morgan fingerprint density at radius 3 is 2.83 bits per heavy atom. The van der Waals surface area contributed by atoms with Crippen LogP contribution in [0, 0.1) is 6.92 Å². The van der Waals surface area contributed by atoms with Gasteiger partial charge >= 0.3 is 0 Å². The largest absolute Gasteiger partial charge is 0.368 e. The zero-order chi connectivity index (χ0) is 16.2. The maximum atomic E-state index is 5.76. The van der Waals surface area contributed by atoms with E-state index in [0.29, 0.717) is 18.0 Å². The first kappa shape index (κ1) is 16.2. The van der Waals surface area contributed by atoms with Crippen molar-refractivity contribution in [3.63, 3.8) is 0 Å². The van der Waals surface area contributed by atoms with Gasteiger partial charge in [-0.25, -0.2) is 4.98 Å². The molecule has 1 saturated heterocycles. The molecular formula is C17H25N5S. The first-order valence-corrected chi connectivity index (χ1v) is 9.17. The average molecular weight is 331 g/mol. The summed E-state index contributed by atoms with van der Waals surface area (Å²) in [5, 5.41) is 8.16. The van der Waals surface area contributed by atoms with Gasteiger partial charge in [0, 0.05) is 36.9 Å². The number of thiophene rings is 1. The summed E-state index contributed by atoms with van der Waals surface area (Å²) in [7, 11) is 0. The number of aryl methyl sites for hydroxylation is 1. The third kappa shape index (κ3) is 4.42. The molecule has 23 heavy (non-hydrogen) atoms. The van der Waals surface area contributed by atoms with Crippen LogP contribution < -0.4 is 16.0 Å². The van der Waals surface area contributed by atoms with E-state index in [1.54, 1.807) is 11.3 Å². The number of rotatable bonds is 5. The molecule has 0 bridgehead atoms. The van der Waals surface area contributed by atoms with Gasteiger partial charge < -0.3 is 16.0 Å². The Labute approximate surface area is 141 Å². The van der Waals surface area contributed by atoms with Crippen LogP contribution in [0.2, 0.25) is 0 Å². The van der Waals surface area contributed by atoms with E-state index in [1.807, 2.05) is 13.0 Å². The number of nitrogens with zero attached hydrogens (tertiary/aromatic N) is 3. The first-order chi connectivity index (χ1) is 11.1. The van der Waals surface area contributed by atoms with Crippen LogP contribution in [0.25, 0.3) is 0 Å². The van der Waals surface area contributed by atoms with Gasteiger partial charge in [0.05, 0.1) is 0 Å². The smallest absolute Gasteiger partial charge is 0.222 e. The van der Waals surface area contributed by atoms with Crippen molar-refractivity contribution in [3.8, 4) is 0 Å². The molecule has 6 heteroatoms. The van der Waals surface area contributed by atoms with Crippen molar-refractivity contribution in [3.05, 3.63) is 34.2 Å². The fourth-order valence-electron chi connectivity index (χ4n) is 3.24. The Kier molecular flexibility index (Phi) is 5.13. The van der Waals surface area contributed by atoms with Gasteiger partial charge in [0.15, 0.2) is 0 Å². The third-order valence-electron chi connectivity index (χ3n) is 4.32. The van der Waals surface area contributed by atoms with Crippen molar-refractivity contribution >= 4 is 23.1 Å². The van der Waals surface area contributed by atoms with Crippen LogP contribution in [0.5, 0.6) is 0 Å². The molecule has 3 heterocycles. The first-order valence-electron chi connectivity index (χ1n) is 8.23. The molecule has 0 aromatic carbocycles. The van der Waals surface area contributed by atoms with E-state index in [9.17, 15) is 0 Å². The van der Waals surface area contributed by atoms with Gasteiger partial charge in [-0.05, 0) is 55.5 Å². The molecule has 0 spiro atoms. The normalized spacial score (nSPS) is 17.4. The second-order valence-corrected chi connectivity index (χ2v) is 7.17. The molecule has 3 N–H and O–H groups in total. The van der Waals surface area contributed by atoms with E-state index in [1.165, 1.54) is 5.56 Å². The summed E-state index contributed by atoms with van der Waals surface area (Å²) < 4.78 is 0. The molecule has 1 aliphatic heterocycles. The number of hydrogen-bond donors (Lipinski definition) is 2. The van der Waals surface area contributed by atoms with Gasteiger partial charge in [-0.2, -0.15) is 16.3 Å². The molecule has 0 unspecified atom stereocenters. The molecule has 2 aromatic rings. The molecule has 0 radical (unpaired) electrons. The SMILES string of the molecule is Cc1cc(N2CCC(N[C@H](C)Cc3ccsc3)CC2)nc(N)n1. The van der Waals surface area contributed by atoms with Crippen molar-refractivity contribution in [2.45, 2.75) is 45.2 Å². The van der Waals surface area contributed by atoms with Crippen molar-refractivity contribution < 1.29 is 0 Å². The topological polar surface area (TPSA) is 67.1 Å². The predicted octanol–water partition coefficient (Wildman–Crippen LogP) is 2.62. The summed E-state index contributed by atoms with van der Waals surface area (Å²) in [5.74, 6) is 1.32. The van der Waals surface area contributed by atoms with Crippen LogP contribution in [0.1, 0.15) is 31.0 Å². The summed E-state index contributed by atoms with van der Waals surface area (Å²) in [4.78, 5) is 10.8. The van der Waals surface area contributed by atoms with E-state index < -0.39 is 0 Å². The number of aromatic nitrogens is 2. The fourth-order valence-corrected chi connectivity index (χ4v) is 3.92. The molecule has 0 aliphatic carbocycles. The highest BCUT2D eigenvalue weighted by atomic mass is 32.1. The second kappa shape index (κ2) is 7.27. The number of nitrogens with one attached hydrogen (secondary N) is 1. The highest BCUT2D eigenvalue weighted by molar-refractivity contribution is 7.07. The molecule has 1 aliphatic rings. The summed E-state index contributed by atoms with van der Waals surface area (Å²) >= 11 is 1.77. The van der Waals surface area contributed by atoms with E-state index in [0.717, 1.165) is 43.9 Å². The number of nitrogens with two attached hydrogens (primary N) is 1. The predicted molar refractivity (Wildman–Crippen MR) is 97.0 cm³/mol. The lowest BCUT2D eigenvalue weighted by molar-refractivity contribution is 0.374. The van der Waals surface area contributed by atoms with Gasteiger partial charge in [-0.1, -0.05) is 0 Å². The van der Waals surface area contributed by atoms with E-state index >= 15 is 0 Å². The fraction of sp³-hybridized carbons (Fsp3) is 0.529.